The van der Waals surface area contributed by atoms with E-state index in [-0.39, 0.29) is 18.2 Å². The molecule has 0 aliphatic carbocycles. The van der Waals surface area contributed by atoms with Crippen molar-refractivity contribution in [3.05, 3.63) is 59.2 Å². The number of nitrogens with zero attached hydrogens (tertiary/aromatic N) is 1. The number of likely N-dealkylation sites (N-methyl/N-ethyl adjacent to an activating group) is 1. The normalized spacial score (nSPS) is 11.5. The zero-order valence-corrected chi connectivity index (χ0v) is 14.9. The summed E-state index contributed by atoms with van der Waals surface area (Å²) >= 11 is 0. The van der Waals surface area contributed by atoms with E-state index < -0.39 is 6.36 Å². The van der Waals surface area contributed by atoms with Crippen LogP contribution in [0.4, 0.5) is 18.9 Å². The Morgan fingerprint density at radius 1 is 1.12 bits per heavy atom. The average Bonchev–Trinajstić information content (AvgIpc) is 2.52. The molecule has 26 heavy (non-hydrogen) atoms. The maximum atomic E-state index is 12.2. The van der Waals surface area contributed by atoms with Crippen molar-refractivity contribution < 1.29 is 22.7 Å². The Bertz CT molecular complexity index is 758. The number of aryl methyl sites for hydroxylation is 1. The standard InChI is InChI=1S/C19H21F3N2O2/c1-13-5-4-6-17(14(13)2)23-18(25)12-24(3)11-15-7-9-16(10-8-15)26-19(20,21)22/h4-10H,11-12H2,1-3H3,(H,23,25). The molecular weight excluding hydrogens is 345 g/mol. The van der Waals surface area contributed by atoms with Crippen molar-refractivity contribution in [2.45, 2.75) is 26.8 Å². The second-order valence-corrected chi connectivity index (χ2v) is 6.16. The molecule has 0 heterocycles. The second-order valence-electron chi connectivity index (χ2n) is 6.16. The Morgan fingerprint density at radius 3 is 2.38 bits per heavy atom. The third-order valence-corrected chi connectivity index (χ3v) is 3.90. The number of hydrogen-bond acceptors (Lipinski definition) is 3. The van der Waals surface area contributed by atoms with Gasteiger partial charge < -0.3 is 10.1 Å². The summed E-state index contributed by atoms with van der Waals surface area (Å²) in [6.07, 6.45) is -4.70. The summed E-state index contributed by atoms with van der Waals surface area (Å²) in [6, 6.07) is 11.3. The molecule has 140 valence electrons. The fraction of sp³-hybridized carbons (Fsp3) is 0.316. The van der Waals surface area contributed by atoms with Crippen molar-refractivity contribution in [3.63, 3.8) is 0 Å². The first-order valence-corrected chi connectivity index (χ1v) is 8.03. The Morgan fingerprint density at radius 2 is 1.77 bits per heavy atom. The number of nitrogens with one attached hydrogen (secondary N) is 1. The molecule has 2 aromatic rings. The molecule has 2 aromatic carbocycles. The summed E-state index contributed by atoms with van der Waals surface area (Å²) in [5.41, 5.74) is 3.67. The lowest BCUT2D eigenvalue weighted by molar-refractivity contribution is -0.274. The zero-order valence-electron chi connectivity index (χ0n) is 14.9. The van der Waals surface area contributed by atoms with Crippen LogP contribution < -0.4 is 10.1 Å². The van der Waals surface area contributed by atoms with E-state index in [0.29, 0.717) is 6.54 Å². The van der Waals surface area contributed by atoms with Gasteiger partial charge in [-0.15, -0.1) is 13.2 Å². The van der Waals surface area contributed by atoms with Crippen molar-refractivity contribution >= 4 is 11.6 Å². The maximum Gasteiger partial charge on any atom is 0.573 e. The minimum Gasteiger partial charge on any atom is -0.406 e. The minimum absolute atomic E-state index is 0.154. The van der Waals surface area contributed by atoms with Crippen molar-refractivity contribution in [1.82, 2.24) is 4.90 Å². The monoisotopic (exact) mass is 366 g/mol. The lowest BCUT2D eigenvalue weighted by atomic mass is 10.1. The van der Waals surface area contributed by atoms with Gasteiger partial charge in [-0.25, -0.2) is 0 Å². The Hall–Kier alpha value is -2.54. The largest absolute Gasteiger partial charge is 0.573 e. The molecule has 0 fully saturated rings. The van der Waals surface area contributed by atoms with E-state index >= 15 is 0 Å². The number of benzene rings is 2. The van der Waals surface area contributed by atoms with Gasteiger partial charge in [0.15, 0.2) is 0 Å². The molecule has 7 heteroatoms. The number of alkyl halides is 3. The minimum atomic E-state index is -4.70. The summed E-state index contributed by atoms with van der Waals surface area (Å²) in [5.74, 6) is -0.421. The van der Waals surface area contributed by atoms with Crippen molar-refractivity contribution in [1.29, 1.82) is 0 Å². The predicted molar refractivity (Wildman–Crippen MR) is 94.0 cm³/mol. The van der Waals surface area contributed by atoms with Gasteiger partial charge in [-0.05, 0) is 55.8 Å². The molecule has 0 spiro atoms. The first-order valence-electron chi connectivity index (χ1n) is 8.03. The van der Waals surface area contributed by atoms with Gasteiger partial charge in [0.05, 0.1) is 6.54 Å². The lowest BCUT2D eigenvalue weighted by Gasteiger charge is -2.17. The molecule has 0 bridgehead atoms. The van der Waals surface area contributed by atoms with Crippen LogP contribution in [0.25, 0.3) is 0 Å². The highest BCUT2D eigenvalue weighted by molar-refractivity contribution is 5.93. The number of anilines is 1. The molecule has 0 aromatic heterocycles. The Labute approximate surface area is 150 Å². The first kappa shape index (κ1) is 19.8. The number of halogens is 3. The highest BCUT2D eigenvalue weighted by atomic mass is 19.4. The van der Waals surface area contributed by atoms with E-state index in [4.69, 9.17) is 0 Å². The van der Waals surface area contributed by atoms with Gasteiger partial charge in [-0.2, -0.15) is 0 Å². The Balaban J connectivity index is 1.88. The SMILES string of the molecule is Cc1cccc(NC(=O)CN(C)Cc2ccc(OC(F)(F)F)cc2)c1C. The first-order chi connectivity index (χ1) is 12.1. The number of carbonyl (C=O) groups is 1. The van der Waals surface area contributed by atoms with Crippen LogP contribution in [0.3, 0.4) is 0 Å². The number of ether oxygens (including phenoxy) is 1. The van der Waals surface area contributed by atoms with E-state index in [0.717, 1.165) is 22.4 Å². The third kappa shape index (κ3) is 6.07. The molecule has 0 unspecified atom stereocenters. The van der Waals surface area contributed by atoms with Gasteiger partial charge in [0.25, 0.3) is 0 Å². The quantitative estimate of drug-likeness (QED) is 0.830. The topological polar surface area (TPSA) is 41.6 Å². The van der Waals surface area contributed by atoms with E-state index in [1.54, 1.807) is 24.1 Å². The zero-order chi connectivity index (χ0) is 19.3. The van der Waals surface area contributed by atoms with Crippen molar-refractivity contribution in [3.8, 4) is 5.75 Å². The highest BCUT2D eigenvalue weighted by Crippen LogP contribution is 2.23. The van der Waals surface area contributed by atoms with Gasteiger partial charge in [-0.3, -0.25) is 9.69 Å². The molecule has 1 N–H and O–H groups in total. The van der Waals surface area contributed by atoms with E-state index in [9.17, 15) is 18.0 Å². The van der Waals surface area contributed by atoms with Crippen molar-refractivity contribution in [2.75, 3.05) is 18.9 Å². The average molecular weight is 366 g/mol. The van der Waals surface area contributed by atoms with Crippen LogP contribution >= 0.6 is 0 Å². The molecule has 0 aliphatic heterocycles. The third-order valence-electron chi connectivity index (χ3n) is 3.90. The van der Waals surface area contributed by atoms with Crippen LogP contribution in [0.15, 0.2) is 42.5 Å². The molecule has 0 saturated carbocycles. The van der Waals surface area contributed by atoms with Gasteiger partial charge in [0.1, 0.15) is 5.75 Å². The molecule has 2 rings (SSSR count). The smallest absolute Gasteiger partial charge is 0.406 e. The summed E-state index contributed by atoms with van der Waals surface area (Å²) in [5, 5.41) is 2.88. The van der Waals surface area contributed by atoms with Crippen LogP contribution in [0.5, 0.6) is 5.75 Å². The van der Waals surface area contributed by atoms with Crippen LogP contribution in [-0.2, 0) is 11.3 Å². The maximum absolute atomic E-state index is 12.2. The van der Waals surface area contributed by atoms with E-state index in [2.05, 4.69) is 10.1 Å². The second kappa shape index (κ2) is 8.23. The molecule has 0 radical (unpaired) electrons. The van der Waals surface area contributed by atoms with Crippen LogP contribution in [0.1, 0.15) is 16.7 Å². The summed E-state index contributed by atoms with van der Waals surface area (Å²) in [7, 11) is 1.77. The number of hydrogen-bond donors (Lipinski definition) is 1. The Kier molecular flexibility index (Phi) is 6.26. The van der Waals surface area contributed by atoms with Crippen LogP contribution in [-0.4, -0.2) is 30.8 Å². The predicted octanol–water partition coefficient (Wildman–Crippen LogP) is 4.27. The number of amides is 1. The molecule has 4 nitrogen and oxygen atoms in total. The molecule has 0 aliphatic rings. The van der Waals surface area contributed by atoms with Gasteiger partial charge in [0, 0.05) is 12.2 Å². The van der Waals surface area contributed by atoms with Crippen LogP contribution in [0.2, 0.25) is 0 Å². The fourth-order valence-corrected chi connectivity index (χ4v) is 2.49. The summed E-state index contributed by atoms with van der Waals surface area (Å²) in [6.45, 7) is 4.50. The van der Waals surface area contributed by atoms with E-state index in [1.165, 1.54) is 12.1 Å². The number of rotatable bonds is 6. The van der Waals surface area contributed by atoms with Gasteiger partial charge in [-0.1, -0.05) is 24.3 Å². The van der Waals surface area contributed by atoms with Crippen LogP contribution in [0, 0.1) is 13.8 Å². The van der Waals surface area contributed by atoms with E-state index in [1.807, 2.05) is 32.0 Å². The molecular formula is C19H21F3N2O2. The fourth-order valence-electron chi connectivity index (χ4n) is 2.49. The lowest BCUT2D eigenvalue weighted by Crippen LogP contribution is -2.30. The highest BCUT2D eigenvalue weighted by Gasteiger charge is 2.30. The van der Waals surface area contributed by atoms with Crippen molar-refractivity contribution in [2.24, 2.45) is 0 Å². The molecule has 0 atom stereocenters. The van der Waals surface area contributed by atoms with Gasteiger partial charge >= 0.3 is 6.36 Å². The summed E-state index contributed by atoms with van der Waals surface area (Å²) < 4.78 is 40.3. The summed E-state index contributed by atoms with van der Waals surface area (Å²) in [4.78, 5) is 14.0. The number of carbonyl (C=O) groups excluding carboxylic acids is 1. The molecule has 0 saturated heterocycles. The molecule has 1 amide bonds. The van der Waals surface area contributed by atoms with Gasteiger partial charge in [0.2, 0.25) is 5.91 Å².